The number of hydrogen-bond acceptors (Lipinski definition) is 2. The molecule has 0 fully saturated rings. The Morgan fingerprint density at radius 3 is 2.39 bits per heavy atom. The molecular weight excluding hydrogens is 329 g/mol. The number of imidazole rings is 1. The number of ether oxygens (including phenoxy) is 1. The molecule has 0 bridgehead atoms. The Balaban J connectivity index is 2.47. The van der Waals surface area contributed by atoms with E-state index in [1.54, 1.807) is 6.20 Å². The van der Waals surface area contributed by atoms with E-state index >= 15 is 0 Å². The van der Waals surface area contributed by atoms with Crippen molar-refractivity contribution in [3.05, 3.63) is 35.0 Å². The normalized spacial score (nSPS) is 12.0. The molecule has 0 unspecified atom stereocenters. The van der Waals surface area contributed by atoms with E-state index in [4.69, 9.17) is 16.3 Å². The second kappa shape index (κ2) is 6.83. The van der Waals surface area contributed by atoms with Crippen LogP contribution in [-0.2, 0) is 6.18 Å². The van der Waals surface area contributed by atoms with Crippen LogP contribution >= 0.6 is 11.6 Å². The van der Waals surface area contributed by atoms with Crippen molar-refractivity contribution in [1.29, 1.82) is 0 Å². The van der Waals surface area contributed by atoms with E-state index in [1.807, 2.05) is 4.57 Å². The maximum Gasteiger partial charge on any atom is 0.416 e. The first kappa shape index (κ1) is 17.7. The quantitative estimate of drug-likeness (QED) is 0.705. The number of methoxy groups -OCH3 is 1. The molecule has 0 N–H and O–H groups in total. The molecule has 1 heterocycles. The third kappa shape index (κ3) is 3.63. The van der Waals surface area contributed by atoms with Crippen LogP contribution in [0.3, 0.4) is 0 Å². The fourth-order valence-electron chi connectivity index (χ4n) is 2.50. The molecule has 0 aliphatic heterocycles. The summed E-state index contributed by atoms with van der Waals surface area (Å²) in [5.41, 5.74) is 0.160. The van der Waals surface area contributed by atoms with E-state index in [-0.39, 0.29) is 11.1 Å². The molecule has 0 aliphatic rings. The Hall–Kier alpha value is -1.69. The van der Waals surface area contributed by atoms with Crippen LogP contribution in [0.25, 0.3) is 11.3 Å². The minimum Gasteiger partial charge on any atom is -0.468 e. The summed E-state index contributed by atoms with van der Waals surface area (Å²) in [6, 6.07) is 3.89. The Bertz CT molecular complexity index is 678. The van der Waals surface area contributed by atoms with Crippen LogP contribution in [-0.4, -0.2) is 16.7 Å². The van der Waals surface area contributed by atoms with Crippen molar-refractivity contribution in [2.24, 2.45) is 0 Å². The Labute approximate surface area is 138 Å². The van der Waals surface area contributed by atoms with Gasteiger partial charge in [-0.3, -0.25) is 4.57 Å². The molecular formula is C16H18ClF3N2O. The van der Waals surface area contributed by atoms with Gasteiger partial charge in [-0.15, -0.1) is 0 Å². The summed E-state index contributed by atoms with van der Waals surface area (Å²) < 4.78 is 45.3. The van der Waals surface area contributed by atoms with E-state index in [9.17, 15) is 13.2 Å². The highest BCUT2D eigenvalue weighted by atomic mass is 35.5. The fraction of sp³-hybridized carbons (Fsp3) is 0.438. The summed E-state index contributed by atoms with van der Waals surface area (Å²) in [5.74, 6) is 0. The molecule has 0 radical (unpaired) electrons. The van der Waals surface area contributed by atoms with Gasteiger partial charge in [0.2, 0.25) is 0 Å². The minimum absolute atomic E-state index is 0.0108. The molecule has 1 aromatic carbocycles. The summed E-state index contributed by atoms with van der Waals surface area (Å²) in [4.78, 5) is 4.34. The number of nitrogens with zero attached hydrogens (tertiary/aromatic N) is 2. The van der Waals surface area contributed by atoms with Crippen molar-refractivity contribution >= 4 is 11.6 Å². The predicted octanol–water partition coefficient (Wildman–Crippen LogP) is 5.59. The summed E-state index contributed by atoms with van der Waals surface area (Å²) >= 11 is 6.03. The van der Waals surface area contributed by atoms with Crippen molar-refractivity contribution in [1.82, 2.24) is 9.55 Å². The van der Waals surface area contributed by atoms with Gasteiger partial charge >= 0.3 is 6.18 Å². The van der Waals surface area contributed by atoms with Crippen molar-refractivity contribution < 1.29 is 17.9 Å². The maximum absolute atomic E-state index is 12.7. The van der Waals surface area contributed by atoms with Crippen LogP contribution < -0.4 is 4.74 Å². The van der Waals surface area contributed by atoms with E-state index in [1.165, 1.54) is 13.2 Å². The lowest BCUT2D eigenvalue weighted by Crippen LogP contribution is -2.07. The van der Waals surface area contributed by atoms with Gasteiger partial charge in [-0.05, 0) is 25.0 Å². The molecule has 3 nitrogen and oxygen atoms in total. The van der Waals surface area contributed by atoms with Crippen LogP contribution in [0.4, 0.5) is 13.2 Å². The average Bonchev–Trinajstić information content (AvgIpc) is 2.91. The van der Waals surface area contributed by atoms with E-state index in [0.717, 1.165) is 25.0 Å². The van der Waals surface area contributed by atoms with Gasteiger partial charge in [0.05, 0.1) is 23.4 Å². The second-order valence-electron chi connectivity index (χ2n) is 5.18. The van der Waals surface area contributed by atoms with Crippen molar-refractivity contribution in [2.45, 2.75) is 38.9 Å². The fourth-order valence-corrected chi connectivity index (χ4v) is 2.78. The van der Waals surface area contributed by atoms with Crippen molar-refractivity contribution in [2.75, 3.05) is 7.11 Å². The third-order valence-corrected chi connectivity index (χ3v) is 4.10. The number of hydrogen-bond donors (Lipinski definition) is 0. The molecule has 23 heavy (non-hydrogen) atoms. The molecule has 2 aromatic rings. The standard InChI is InChI=1S/C16H18ClF3N2O/c1-4-11(5-2)22-9-14(21-15(22)23-3)12-7-6-10(8-13(12)17)16(18,19)20/h6-9,11H,4-5H2,1-3H3. The topological polar surface area (TPSA) is 27.1 Å². The zero-order valence-electron chi connectivity index (χ0n) is 13.1. The number of benzene rings is 1. The van der Waals surface area contributed by atoms with Crippen LogP contribution in [0.1, 0.15) is 38.3 Å². The number of halogens is 4. The molecule has 0 spiro atoms. The lowest BCUT2D eigenvalue weighted by atomic mass is 10.1. The zero-order valence-corrected chi connectivity index (χ0v) is 13.9. The van der Waals surface area contributed by atoms with Gasteiger partial charge < -0.3 is 4.74 Å². The largest absolute Gasteiger partial charge is 0.468 e. The predicted molar refractivity (Wildman–Crippen MR) is 83.8 cm³/mol. The maximum atomic E-state index is 12.7. The lowest BCUT2D eigenvalue weighted by molar-refractivity contribution is -0.137. The first-order chi connectivity index (χ1) is 10.8. The summed E-state index contributed by atoms with van der Waals surface area (Å²) in [5, 5.41) is 0.0108. The third-order valence-electron chi connectivity index (χ3n) is 3.79. The van der Waals surface area contributed by atoms with Crippen molar-refractivity contribution in [3.63, 3.8) is 0 Å². The Morgan fingerprint density at radius 2 is 1.91 bits per heavy atom. The van der Waals surface area contributed by atoms with Crippen LogP contribution in [0, 0.1) is 0 Å². The highest BCUT2D eigenvalue weighted by molar-refractivity contribution is 6.33. The monoisotopic (exact) mass is 346 g/mol. The molecule has 1 aromatic heterocycles. The van der Waals surface area contributed by atoms with Gasteiger partial charge in [-0.1, -0.05) is 31.5 Å². The molecule has 0 saturated heterocycles. The van der Waals surface area contributed by atoms with Gasteiger partial charge in [0.25, 0.3) is 6.01 Å². The molecule has 0 amide bonds. The van der Waals surface area contributed by atoms with Crippen LogP contribution in [0.2, 0.25) is 5.02 Å². The SMILES string of the molecule is CCC(CC)n1cc(-c2ccc(C(F)(F)F)cc2Cl)nc1OC. The minimum atomic E-state index is -4.42. The molecule has 0 atom stereocenters. The Morgan fingerprint density at radius 1 is 1.26 bits per heavy atom. The Kier molecular flexibility index (Phi) is 5.24. The highest BCUT2D eigenvalue weighted by Crippen LogP contribution is 2.36. The summed E-state index contributed by atoms with van der Waals surface area (Å²) in [6.07, 6.45) is -0.869. The number of aromatic nitrogens is 2. The number of rotatable bonds is 5. The molecule has 126 valence electrons. The van der Waals surface area contributed by atoms with E-state index in [2.05, 4.69) is 18.8 Å². The smallest absolute Gasteiger partial charge is 0.416 e. The molecule has 2 rings (SSSR count). The van der Waals surface area contributed by atoms with Gasteiger partial charge in [0.15, 0.2) is 0 Å². The van der Waals surface area contributed by atoms with Crippen LogP contribution in [0.5, 0.6) is 6.01 Å². The second-order valence-corrected chi connectivity index (χ2v) is 5.59. The number of alkyl halides is 3. The molecule has 0 aliphatic carbocycles. The lowest BCUT2D eigenvalue weighted by Gasteiger charge is -2.15. The van der Waals surface area contributed by atoms with Crippen LogP contribution in [0.15, 0.2) is 24.4 Å². The molecule has 0 saturated carbocycles. The van der Waals surface area contributed by atoms with Gasteiger partial charge in [-0.2, -0.15) is 18.2 Å². The first-order valence-electron chi connectivity index (χ1n) is 7.31. The van der Waals surface area contributed by atoms with Gasteiger partial charge in [0, 0.05) is 17.8 Å². The zero-order chi connectivity index (χ0) is 17.2. The summed E-state index contributed by atoms with van der Waals surface area (Å²) in [6.45, 7) is 4.11. The van der Waals surface area contributed by atoms with E-state index in [0.29, 0.717) is 17.3 Å². The highest BCUT2D eigenvalue weighted by Gasteiger charge is 2.31. The van der Waals surface area contributed by atoms with Gasteiger partial charge in [-0.25, -0.2) is 0 Å². The van der Waals surface area contributed by atoms with Crippen molar-refractivity contribution in [3.8, 4) is 17.3 Å². The average molecular weight is 347 g/mol. The summed E-state index contributed by atoms with van der Waals surface area (Å²) in [7, 11) is 1.51. The van der Waals surface area contributed by atoms with E-state index < -0.39 is 11.7 Å². The van der Waals surface area contributed by atoms with Gasteiger partial charge in [0.1, 0.15) is 0 Å². The molecule has 7 heteroatoms. The first-order valence-corrected chi connectivity index (χ1v) is 7.69.